The number of ether oxygens (including phenoxy) is 2. The minimum atomic E-state index is -0.510. The summed E-state index contributed by atoms with van der Waals surface area (Å²) in [6, 6.07) is 1.74. The van der Waals surface area contributed by atoms with Gasteiger partial charge in [0, 0.05) is 12.7 Å². The van der Waals surface area contributed by atoms with E-state index in [0.29, 0.717) is 25.4 Å². The molecule has 7 heteroatoms. The first-order valence-corrected chi connectivity index (χ1v) is 6.53. The number of morpholine rings is 1. The molecule has 1 aliphatic heterocycles. The Morgan fingerprint density at radius 3 is 2.95 bits per heavy atom. The van der Waals surface area contributed by atoms with Crippen LogP contribution >= 0.6 is 0 Å². The molecule has 1 unspecified atom stereocenters. The van der Waals surface area contributed by atoms with Gasteiger partial charge in [0.1, 0.15) is 11.7 Å². The van der Waals surface area contributed by atoms with Gasteiger partial charge < -0.3 is 20.1 Å². The Morgan fingerprint density at radius 1 is 1.55 bits per heavy atom. The highest BCUT2D eigenvalue weighted by Gasteiger charge is 2.29. The summed E-state index contributed by atoms with van der Waals surface area (Å²) in [5, 5.41) is 0. The Morgan fingerprint density at radius 2 is 2.30 bits per heavy atom. The maximum absolute atomic E-state index is 12.0. The molecule has 110 valence electrons. The van der Waals surface area contributed by atoms with Gasteiger partial charge in [-0.2, -0.15) is 0 Å². The maximum Gasteiger partial charge on any atom is 0.410 e. The number of carbonyl (C=O) groups excluding carboxylic acids is 1. The Balaban J connectivity index is 2.03. The highest BCUT2D eigenvalue weighted by Crippen LogP contribution is 2.22. The SMILES string of the molecule is CC(C)(C)OC(=O)N1CCOC(c2ccnc(N)n2)C1. The molecule has 0 bridgehead atoms. The van der Waals surface area contributed by atoms with Gasteiger partial charge in [-0.15, -0.1) is 0 Å². The number of rotatable bonds is 1. The van der Waals surface area contributed by atoms with Crippen LogP contribution in [0.3, 0.4) is 0 Å². The molecular formula is C13H20N4O3. The van der Waals surface area contributed by atoms with Crippen molar-refractivity contribution in [1.82, 2.24) is 14.9 Å². The van der Waals surface area contributed by atoms with Gasteiger partial charge in [0.25, 0.3) is 0 Å². The Labute approximate surface area is 118 Å². The predicted molar refractivity (Wildman–Crippen MR) is 72.9 cm³/mol. The van der Waals surface area contributed by atoms with Crippen molar-refractivity contribution in [2.75, 3.05) is 25.4 Å². The van der Waals surface area contributed by atoms with Crippen LogP contribution in [0.5, 0.6) is 0 Å². The molecule has 1 aromatic rings. The first-order chi connectivity index (χ1) is 9.35. The van der Waals surface area contributed by atoms with Gasteiger partial charge in [0.2, 0.25) is 5.95 Å². The second-order valence-corrected chi connectivity index (χ2v) is 5.63. The number of hydrogen-bond acceptors (Lipinski definition) is 6. The first-order valence-electron chi connectivity index (χ1n) is 6.53. The molecule has 0 aromatic carbocycles. The molecule has 1 aliphatic rings. The molecule has 20 heavy (non-hydrogen) atoms. The average molecular weight is 280 g/mol. The van der Waals surface area contributed by atoms with Crippen molar-refractivity contribution in [2.24, 2.45) is 0 Å². The Hall–Kier alpha value is -1.89. The number of hydrogen-bond donors (Lipinski definition) is 1. The lowest BCUT2D eigenvalue weighted by atomic mass is 10.2. The molecule has 0 saturated carbocycles. The number of anilines is 1. The predicted octanol–water partition coefficient (Wildman–Crippen LogP) is 1.37. The molecule has 1 amide bonds. The summed E-state index contributed by atoms with van der Waals surface area (Å²) in [5.41, 5.74) is 5.72. The van der Waals surface area contributed by atoms with Crippen LogP contribution in [-0.4, -0.2) is 46.3 Å². The van der Waals surface area contributed by atoms with Gasteiger partial charge in [-0.1, -0.05) is 0 Å². The number of nitrogen functional groups attached to an aromatic ring is 1. The molecule has 0 spiro atoms. The van der Waals surface area contributed by atoms with E-state index >= 15 is 0 Å². The number of nitrogens with zero attached hydrogens (tertiary/aromatic N) is 3. The fourth-order valence-electron chi connectivity index (χ4n) is 1.89. The summed E-state index contributed by atoms with van der Waals surface area (Å²) in [6.45, 7) is 6.86. The van der Waals surface area contributed by atoms with E-state index in [1.54, 1.807) is 17.2 Å². The zero-order valence-electron chi connectivity index (χ0n) is 12.0. The van der Waals surface area contributed by atoms with Crippen molar-refractivity contribution >= 4 is 12.0 Å². The fraction of sp³-hybridized carbons (Fsp3) is 0.615. The molecule has 1 fully saturated rings. The van der Waals surface area contributed by atoms with Crippen LogP contribution in [0.1, 0.15) is 32.6 Å². The van der Waals surface area contributed by atoms with Gasteiger partial charge in [-0.25, -0.2) is 14.8 Å². The zero-order chi connectivity index (χ0) is 14.8. The summed E-state index contributed by atoms with van der Waals surface area (Å²) in [7, 11) is 0. The second-order valence-electron chi connectivity index (χ2n) is 5.63. The van der Waals surface area contributed by atoms with Crippen LogP contribution < -0.4 is 5.73 Å². The normalized spacial score (nSPS) is 19.8. The van der Waals surface area contributed by atoms with Crippen LogP contribution in [0.2, 0.25) is 0 Å². The van der Waals surface area contributed by atoms with E-state index in [9.17, 15) is 4.79 Å². The quantitative estimate of drug-likeness (QED) is 0.835. The van der Waals surface area contributed by atoms with Gasteiger partial charge in [0.05, 0.1) is 18.8 Å². The lowest BCUT2D eigenvalue weighted by Crippen LogP contribution is -2.44. The average Bonchev–Trinajstić information content (AvgIpc) is 2.37. The minimum Gasteiger partial charge on any atom is -0.444 e. The van der Waals surface area contributed by atoms with Crippen molar-refractivity contribution in [3.05, 3.63) is 18.0 Å². The van der Waals surface area contributed by atoms with Gasteiger partial charge in [-0.05, 0) is 26.8 Å². The molecule has 0 radical (unpaired) electrons. The summed E-state index contributed by atoms with van der Waals surface area (Å²) in [4.78, 5) is 21.6. The zero-order valence-corrected chi connectivity index (χ0v) is 12.0. The molecule has 1 aromatic heterocycles. The van der Waals surface area contributed by atoms with Crippen molar-refractivity contribution < 1.29 is 14.3 Å². The molecule has 1 saturated heterocycles. The van der Waals surface area contributed by atoms with Gasteiger partial charge in [-0.3, -0.25) is 0 Å². The first kappa shape index (κ1) is 14.5. The lowest BCUT2D eigenvalue weighted by Gasteiger charge is -2.33. The number of carbonyl (C=O) groups is 1. The van der Waals surface area contributed by atoms with Gasteiger partial charge >= 0.3 is 6.09 Å². The van der Waals surface area contributed by atoms with E-state index in [1.165, 1.54) is 0 Å². The van der Waals surface area contributed by atoms with E-state index in [1.807, 2.05) is 20.8 Å². The van der Waals surface area contributed by atoms with Crippen LogP contribution in [-0.2, 0) is 9.47 Å². The van der Waals surface area contributed by atoms with Crippen molar-refractivity contribution in [1.29, 1.82) is 0 Å². The summed E-state index contributed by atoms with van der Waals surface area (Å²) in [5.74, 6) is 0.195. The second kappa shape index (κ2) is 5.62. The summed E-state index contributed by atoms with van der Waals surface area (Å²) >= 11 is 0. The highest BCUT2D eigenvalue weighted by atomic mass is 16.6. The number of amides is 1. The minimum absolute atomic E-state index is 0.195. The van der Waals surface area contributed by atoms with E-state index in [-0.39, 0.29) is 18.1 Å². The van der Waals surface area contributed by atoms with Crippen molar-refractivity contribution in [3.8, 4) is 0 Å². The van der Waals surface area contributed by atoms with Crippen molar-refractivity contribution in [2.45, 2.75) is 32.5 Å². The fourth-order valence-corrected chi connectivity index (χ4v) is 1.89. The Bertz CT molecular complexity index is 487. The molecule has 0 aliphatic carbocycles. The van der Waals surface area contributed by atoms with Crippen LogP contribution in [0, 0.1) is 0 Å². The van der Waals surface area contributed by atoms with Crippen molar-refractivity contribution in [3.63, 3.8) is 0 Å². The monoisotopic (exact) mass is 280 g/mol. The van der Waals surface area contributed by atoms with E-state index in [2.05, 4.69) is 9.97 Å². The molecule has 1 atom stereocenters. The number of aromatic nitrogens is 2. The third-order valence-electron chi connectivity index (χ3n) is 2.74. The van der Waals surface area contributed by atoms with E-state index in [0.717, 1.165) is 0 Å². The van der Waals surface area contributed by atoms with Crippen LogP contribution in [0.15, 0.2) is 12.3 Å². The van der Waals surface area contributed by atoms with Crippen LogP contribution in [0.25, 0.3) is 0 Å². The smallest absolute Gasteiger partial charge is 0.410 e. The largest absolute Gasteiger partial charge is 0.444 e. The topological polar surface area (TPSA) is 90.6 Å². The molecule has 2 N–H and O–H groups in total. The highest BCUT2D eigenvalue weighted by molar-refractivity contribution is 5.68. The summed E-state index contributed by atoms with van der Waals surface area (Å²) < 4.78 is 11.0. The molecule has 2 rings (SSSR count). The van der Waals surface area contributed by atoms with Gasteiger partial charge in [0.15, 0.2) is 0 Å². The lowest BCUT2D eigenvalue weighted by molar-refractivity contribution is -0.0446. The van der Waals surface area contributed by atoms with Crippen LogP contribution in [0.4, 0.5) is 10.7 Å². The Kier molecular flexibility index (Phi) is 4.08. The maximum atomic E-state index is 12.0. The molecule has 2 heterocycles. The third-order valence-corrected chi connectivity index (χ3v) is 2.74. The molecular weight excluding hydrogens is 260 g/mol. The summed E-state index contributed by atoms with van der Waals surface area (Å²) in [6.07, 6.45) is 0.933. The standard InChI is InChI=1S/C13H20N4O3/c1-13(2,3)20-12(18)17-6-7-19-10(8-17)9-4-5-15-11(14)16-9/h4-5,10H,6-8H2,1-3H3,(H2,14,15,16). The number of nitrogens with two attached hydrogens (primary N) is 1. The van der Waals surface area contributed by atoms with E-state index < -0.39 is 5.60 Å². The molecule has 7 nitrogen and oxygen atoms in total. The third kappa shape index (κ3) is 3.80. The van der Waals surface area contributed by atoms with E-state index in [4.69, 9.17) is 15.2 Å².